The maximum atomic E-state index is 10.8. The molecular formula is C14H21BrO2S. The summed E-state index contributed by atoms with van der Waals surface area (Å²) < 4.78 is 7.03. The summed E-state index contributed by atoms with van der Waals surface area (Å²) in [5.74, 6) is 0. The number of halogens is 1. The number of hydrogen-bond acceptors (Lipinski definition) is 3. The lowest BCUT2D eigenvalue weighted by atomic mass is 9.87. The van der Waals surface area contributed by atoms with Crippen LogP contribution >= 0.6 is 27.3 Å². The van der Waals surface area contributed by atoms with Crippen LogP contribution in [0.25, 0.3) is 0 Å². The molecule has 2 nitrogen and oxygen atoms in total. The van der Waals surface area contributed by atoms with Crippen LogP contribution in [-0.2, 0) is 4.74 Å². The third-order valence-corrected chi connectivity index (χ3v) is 5.70. The second-order valence-corrected chi connectivity index (χ2v) is 6.75. The first-order chi connectivity index (χ1) is 8.69. The zero-order chi connectivity index (χ0) is 13.0. The zero-order valence-corrected chi connectivity index (χ0v) is 13.2. The molecule has 18 heavy (non-hydrogen) atoms. The summed E-state index contributed by atoms with van der Waals surface area (Å²) in [5, 5.41) is 12.8. The SMILES string of the molecule is CCOC1(C(O)c2sccc2Br)CCCCCC1. The number of ether oxygens (including phenoxy) is 1. The molecule has 0 saturated heterocycles. The van der Waals surface area contributed by atoms with Gasteiger partial charge in [0.05, 0.1) is 10.5 Å². The molecule has 0 bridgehead atoms. The second-order valence-electron chi connectivity index (χ2n) is 4.95. The Hall–Kier alpha value is 0.100. The fourth-order valence-electron chi connectivity index (χ4n) is 2.85. The van der Waals surface area contributed by atoms with Crippen LogP contribution in [0.15, 0.2) is 15.9 Å². The molecule has 0 amide bonds. The fourth-order valence-corrected chi connectivity index (χ4v) is 4.53. The minimum atomic E-state index is -0.509. The van der Waals surface area contributed by atoms with Gasteiger partial charge in [-0.1, -0.05) is 25.7 Å². The average Bonchev–Trinajstić information content (AvgIpc) is 2.64. The van der Waals surface area contributed by atoms with Crippen molar-refractivity contribution < 1.29 is 9.84 Å². The minimum absolute atomic E-state index is 0.376. The summed E-state index contributed by atoms with van der Waals surface area (Å²) in [5.41, 5.74) is -0.376. The van der Waals surface area contributed by atoms with E-state index in [-0.39, 0.29) is 5.60 Å². The van der Waals surface area contributed by atoms with Crippen molar-refractivity contribution in [2.45, 2.75) is 57.2 Å². The van der Waals surface area contributed by atoms with E-state index < -0.39 is 6.10 Å². The Labute approximate surface area is 121 Å². The Kier molecular flexibility index (Phi) is 5.24. The smallest absolute Gasteiger partial charge is 0.118 e. The van der Waals surface area contributed by atoms with E-state index in [1.54, 1.807) is 11.3 Å². The van der Waals surface area contributed by atoms with Crippen LogP contribution in [0.1, 0.15) is 56.4 Å². The van der Waals surface area contributed by atoms with Crippen LogP contribution in [0.3, 0.4) is 0 Å². The molecule has 1 N–H and O–H groups in total. The van der Waals surface area contributed by atoms with Gasteiger partial charge in [0.25, 0.3) is 0 Å². The quantitative estimate of drug-likeness (QED) is 0.811. The molecule has 1 aromatic heterocycles. The van der Waals surface area contributed by atoms with Crippen molar-refractivity contribution in [2.24, 2.45) is 0 Å². The summed E-state index contributed by atoms with van der Waals surface area (Å²) in [6.07, 6.45) is 6.24. The number of hydrogen-bond donors (Lipinski definition) is 1. The predicted molar refractivity (Wildman–Crippen MR) is 79.0 cm³/mol. The first-order valence-corrected chi connectivity index (χ1v) is 8.42. The van der Waals surface area contributed by atoms with Gasteiger partial charge in [0.1, 0.15) is 6.10 Å². The molecule has 1 aliphatic rings. The van der Waals surface area contributed by atoms with Gasteiger partial charge in [-0.2, -0.15) is 0 Å². The van der Waals surface area contributed by atoms with E-state index in [4.69, 9.17) is 4.74 Å². The van der Waals surface area contributed by atoms with Gasteiger partial charge in [-0.25, -0.2) is 0 Å². The molecule has 0 radical (unpaired) electrons. The van der Waals surface area contributed by atoms with Crippen LogP contribution in [0.2, 0.25) is 0 Å². The summed E-state index contributed by atoms with van der Waals surface area (Å²) in [6, 6.07) is 2.00. The maximum Gasteiger partial charge on any atom is 0.118 e. The Morgan fingerprint density at radius 1 is 1.39 bits per heavy atom. The molecule has 0 spiro atoms. The number of thiophene rings is 1. The summed E-state index contributed by atoms with van der Waals surface area (Å²) in [6.45, 7) is 2.68. The largest absolute Gasteiger partial charge is 0.384 e. The lowest BCUT2D eigenvalue weighted by Gasteiger charge is -2.37. The van der Waals surface area contributed by atoms with E-state index in [1.165, 1.54) is 12.8 Å². The monoisotopic (exact) mass is 332 g/mol. The van der Waals surface area contributed by atoms with Gasteiger partial charge in [0, 0.05) is 11.1 Å². The number of aliphatic hydroxyl groups is 1. The van der Waals surface area contributed by atoms with Gasteiger partial charge in [0.15, 0.2) is 0 Å². The highest BCUT2D eigenvalue weighted by Crippen LogP contribution is 2.44. The van der Waals surface area contributed by atoms with Gasteiger partial charge in [0.2, 0.25) is 0 Å². The van der Waals surface area contributed by atoms with Gasteiger partial charge in [-0.3, -0.25) is 0 Å². The van der Waals surface area contributed by atoms with Crippen LogP contribution in [0.4, 0.5) is 0 Å². The van der Waals surface area contributed by atoms with E-state index in [2.05, 4.69) is 15.9 Å². The van der Waals surface area contributed by atoms with Crippen LogP contribution < -0.4 is 0 Å². The van der Waals surface area contributed by atoms with Crippen molar-refractivity contribution in [2.75, 3.05) is 6.61 Å². The minimum Gasteiger partial charge on any atom is -0.384 e. The highest BCUT2D eigenvalue weighted by atomic mass is 79.9. The first kappa shape index (κ1) is 14.5. The van der Waals surface area contributed by atoms with Crippen molar-refractivity contribution in [1.29, 1.82) is 0 Å². The standard InChI is InChI=1S/C14H21BrO2S/c1-2-17-14(8-5-3-4-6-9-14)13(16)12-11(15)7-10-18-12/h7,10,13,16H,2-6,8-9H2,1H3. The van der Waals surface area contributed by atoms with E-state index in [0.717, 1.165) is 35.0 Å². The average molecular weight is 333 g/mol. The molecule has 0 aliphatic heterocycles. The molecular weight excluding hydrogens is 312 g/mol. The van der Waals surface area contributed by atoms with Gasteiger partial charge >= 0.3 is 0 Å². The van der Waals surface area contributed by atoms with Crippen molar-refractivity contribution in [3.8, 4) is 0 Å². The van der Waals surface area contributed by atoms with E-state index >= 15 is 0 Å². The van der Waals surface area contributed by atoms with Crippen molar-refractivity contribution in [1.82, 2.24) is 0 Å². The lowest BCUT2D eigenvalue weighted by molar-refractivity contribution is -0.130. The molecule has 2 rings (SSSR count). The normalized spacial score (nSPS) is 21.5. The predicted octanol–water partition coefficient (Wildman–Crippen LogP) is 4.67. The second kappa shape index (κ2) is 6.51. The molecule has 1 saturated carbocycles. The highest BCUT2D eigenvalue weighted by molar-refractivity contribution is 9.10. The molecule has 1 aromatic rings. The van der Waals surface area contributed by atoms with Gasteiger partial charge in [-0.05, 0) is 47.1 Å². The first-order valence-electron chi connectivity index (χ1n) is 6.74. The topological polar surface area (TPSA) is 29.5 Å². The zero-order valence-electron chi connectivity index (χ0n) is 10.8. The van der Waals surface area contributed by atoms with E-state index in [9.17, 15) is 5.11 Å². The lowest BCUT2D eigenvalue weighted by Crippen LogP contribution is -2.39. The number of rotatable bonds is 4. The van der Waals surface area contributed by atoms with Crippen LogP contribution in [0, 0.1) is 0 Å². The van der Waals surface area contributed by atoms with E-state index in [0.29, 0.717) is 6.61 Å². The van der Waals surface area contributed by atoms with Crippen LogP contribution in [0.5, 0.6) is 0 Å². The molecule has 1 fully saturated rings. The van der Waals surface area contributed by atoms with Crippen LogP contribution in [-0.4, -0.2) is 17.3 Å². The molecule has 1 heterocycles. The summed E-state index contributed by atoms with van der Waals surface area (Å²) in [7, 11) is 0. The Bertz CT molecular complexity index is 370. The van der Waals surface area contributed by atoms with Crippen molar-refractivity contribution in [3.63, 3.8) is 0 Å². The molecule has 1 aliphatic carbocycles. The molecule has 1 atom stereocenters. The van der Waals surface area contributed by atoms with Gasteiger partial charge < -0.3 is 9.84 Å². The Morgan fingerprint density at radius 2 is 2.06 bits per heavy atom. The molecule has 0 aromatic carbocycles. The Balaban J connectivity index is 2.25. The number of aliphatic hydroxyl groups excluding tert-OH is 1. The molecule has 4 heteroatoms. The summed E-state index contributed by atoms with van der Waals surface area (Å²) in [4.78, 5) is 1.00. The fraction of sp³-hybridized carbons (Fsp3) is 0.714. The highest BCUT2D eigenvalue weighted by Gasteiger charge is 2.41. The maximum absolute atomic E-state index is 10.8. The third-order valence-electron chi connectivity index (χ3n) is 3.77. The summed E-state index contributed by atoms with van der Waals surface area (Å²) >= 11 is 5.13. The Morgan fingerprint density at radius 3 is 2.56 bits per heavy atom. The van der Waals surface area contributed by atoms with Crippen molar-refractivity contribution in [3.05, 3.63) is 20.8 Å². The van der Waals surface area contributed by atoms with E-state index in [1.807, 2.05) is 18.4 Å². The molecule has 1 unspecified atom stereocenters. The van der Waals surface area contributed by atoms with Crippen molar-refractivity contribution >= 4 is 27.3 Å². The third kappa shape index (κ3) is 2.98. The molecule has 102 valence electrons. The van der Waals surface area contributed by atoms with Gasteiger partial charge in [-0.15, -0.1) is 11.3 Å².